The number of nitrogens with one attached hydrogen (secondary N) is 1. The molecule has 1 aromatic rings. The zero-order valence-electron chi connectivity index (χ0n) is 10.9. The van der Waals surface area contributed by atoms with Gasteiger partial charge in [0.05, 0.1) is 25.9 Å². The van der Waals surface area contributed by atoms with Gasteiger partial charge in [-0.05, 0) is 6.92 Å². The zero-order chi connectivity index (χ0) is 13.1. The van der Waals surface area contributed by atoms with E-state index in [1.54, 1.807) is 25.2 Å². The molecule has 5 nitrogen and oxygen atoms in total. The van der Waals surface area contributed by atoms with Crippen LogP contribution in [-0.4, -0.2) is 39.3 Å². The lowest BCUT2D eigenvalue weighted by atomic mass is 10.2. The van der Waals surface area contributed by atoms with Gasteiger partial charge in [-0.15, -0.1) is 0 Å². The first-order chi connectivity index (χ1) is 8.65. The summed E-state index contributed by atoms with van der Waals surface area (Å²) in [4.78, 5) is 13.9. The van der Waals surface area contributed by atoms with Gasteiger partial charge in [-0.1, -0.05) is 0 Å². The topological polar surface area (TPSA) is 50.8 Å². The highest BCUT2D eigenvalue weighted by Gasteiger charge is 2.26. The summed E-state index contributed by atoms with van der Waals surface area (Å²) in [5.41, 5.74) is 0.810. The van der Waals surface area contributed by atoms with Crippen LogP contribution in [-0.2, 0) is 4.79 Å². The summed E-state index contributed by atoms with van der Waals surface area (Å²) in [6.45, 7) is 3.30. The number of hydrogen-bond donors (Lipinski definition) is 1. The molecule has 5 heteroatoms. The molecule has 1 aromatic carbocycles. The van der Waals surface area contributed by atoms with Crippen molar-refractivity contribution in [3.05, 3.63) is 18.2 Å². The lowest BCUT2D eigenvalue weighted by Gasteiger charge is -2.31. The molecule has 0 saturated carbocycles. The maximum atomic E-state index is 12.1. The van der Waals surface area contributed by atoms with Crippen LogP contribution < -0.4 is 19.7 Å². The number of ether oxygens (including phenoxy) is 2. The molecule has 18 heavy (non-hydrogen) atoms. The number of carbonyl (C=O) groups excluding carboxylic acids is 1. The van der Waals surface area contributed by atoms with E-state index in [1.807, 2.05) is 19.1 Å². The monoisotopic (exact) mass is 250 g/mol. The highest BCUT2D eigenvalue weighted by molar-refractivity contribution is 5.98. The van der Waals surface area contributed by atoms with Gasteiger partial charge in [-0.25, -0.2) is 0 Å². The maximum Gasteiger partial charge on any atom is 0.243 e. The summed E-state index contributed by atoms with van der Waals surface area (Å²) in [7, 11) is 3.20. The molecule has 1 N–H and O–H groups in total. The molecule has 0 radical (unpaired) electrons. The number of anilines is 1. The molecular weight excluding hydrogens is 232 g/mol. The number of nitrogens with zero attached hydrogens (tertiary/aromatic N) is 1. The van der Waals surface area contributed by atoms with E-state index in [0.717, 1.165) is 12.2 Å². The third-order valence-corrected chi connectivity index (χ3v) is 3.07. The Labute approximate surface area is 107 Å². The molecule has 1 saturated heterocycles. The van der Waals surface area contributed by atoms with Crippen molar-refractivity contribution in [3.63, 3.8) is 0 Å². The van der Waals surface area contributed by atoms with Crippen molar-refractivity contribution < 1.29 is 14.3 Å². The van der Waals surface area contributed by atoms with Crippen LogP contribution in [0.15, 0.2) is 18.2 Å². The van der Waals surface area contributed by atoms with Gasteiger partial charge in [0.25, 0.3) is 0 Å². The van der Waals surface area contributed by atoms with Gasteiger partial charge in [-0.2, -0.15) is 0 Å². The number of benzene rings is 1. The first-order valence-electron chi connectivity index (χ1n) is 5.93. The van der Waals surface area contributed by atoms with E-state index >= 15 is 0 Å². The predicted molar refractivity (Wildman–Crippen MR) is 69.4 cm³/mol. The Kier molecular flexibility index (Phi) is 3.72. The summed E-state index contributed by atoms with van der Waals surface area (Å²) in [5.74, 6) is 1.43. The Morgan fingerprint density at radius 3 is 2.39 bits per heavy atom. The van der Waals surface area contributed by atoms with Crippen molar-refractivity contribution in [1.29, 1.82) is 0 Å². The van der Waals surface area contributed by atoms with Gasteiger partial charge >= 0.3 is 0 Å². The van der Waals surface area contributed by atoms with Gasteiger partial charge in [0.1, 0.15) is 11.5 Å². The molecule has 1 aliphatic rings. The molecule has 2 rings (SSSR count). The number of rotatable bonds is 3. The van der Waals surface area contributed by atoms with Gasteiger partial charge in [0.15, 0.2) is 0 Å². The average molecular weight is 250 g/mol. The third kappa shape index (κ3) is 2.41. The molecule has 1 aliphatic heterocycles. The molecule has 1 unspecified atom stereocenters. The van der Waals surface area contributed by atoms with E-state index in [0.29, 0.717) is 18.0 Å². The average Bonchev–Trinajstić information content (AvgIpc) is 2.41. The lowest BCUT2D eigenvalue weighted by Crippen LogP contribution is -2.53. The lowest BCUT2D eigenvalue weighted by molar-refractivity contribution is -0.121. The fourth-order valence-electron chi connectivity index (χ4n) is 2.03. The Hall–Kier alpha value is -1.75. The van der Waals surface area contributed by atoms with Crippen molar-refractivity contribution in [2.24, 2.45) is 0 Å². The van der Waals surface area contributed by atoms with E-state index < -0.39 is 0 Å². The minimum absolute atomic E-state index is 0.0663. The van der Waals surface area contributed by atoms with Crippen LogP contribution in [0.3, 0.4) is 0 Å². The van der Waals surface area contributed by atoms with Gasteiger partial charge in [0.2, 0.25) is 5.91 Å². The quantitative estimate of drug-likeness (QED) is 0.870. The highest BCUT2D eigenvalue weighted by atomic mass is 16.5. The van der Waals surface area contributed by atoms with E-state index in [1.165, 1.54) is 0 Å². The normalized spacial score (nSPS) is 19.8. The second kappa shape index (κ2) is 5.27. The summed E-state index contributed by atoms with van der Waals surface area (Å²) in [5, 5.41) is 3.13. The van der Waals surface area contributed by atoms with Crippen LogP contribution in [0.4, 0.5) is 5.69 Å². The third-order valence-electron chi connectivity index (χ3n) is 3.07. The predicted octanol–water partition coefficient (Wildman–Crippen LogP) is 1.03. The molecule has 98 valence electrons. The first kappa shape index (κ1) is 12.7. The second-order valence-corrected chi connectivity index (χ2v) is 4.24. The molecule has 0 aromatic heterocycles. The van der Waals surface area contributed by atoms with Crippen LogP contribution in [0.5, 0.6) is 11.5 Å². The standard InChI is InChI=1S/C13H18N2O3/c1-9-13(16)15(5-4-14-9)10-6-11(17-2)8-12(7-10)18-3/h6-9,14H,4-5H2,1-3H3. The molecule has 1 atom stereocenters. The van der Waals surface area contributed by atoms with Gasteiger partial charge in [-0.3, -0.25) is 4.79 Å². The van der Waals surface area contributed by atoms with E-state index in [2.05, 4.69) is 5.32 Å². The molecule has 0 aliphatic carbocycles. The van der Waals surface area contributed by atoms with E-state index in [-0.39, 0.29) is 11.9 Å². The van der Waals surface area contributed by atoms with Crippen molar-refractivity contribution >= 4 is 11.6 Å². The molecule has 1 amide bonds. The summed E-state index contributed by atoms with van der Waals surface area (Å²) in [6, 6.07) is 5.33. The van der Waals surface area contributed by atoms with Crippen LogP contribution >= 0.6 is 0 Å². The Bertz CT molecular complexity index is 426. The first-order valence-corrected chi connectivity index (χ1v) is 5.93. The SMILES string of the molecule is COc1cc(OC)cc(N2CCNC(C)C2=O)c1. The van der Waals surface area contributed by atoms with Crippen LogP contribution in [0, 0.1) is 0 Å². The van der Waals surface area contributed by atoms with E-state index in [9.17, 15) is 4.79 Å². The zero-order valence-corrected chi connectivity index (χ0v) is 10.9. The largest absolute Gasteiger partial charge is 0.497 e. The number of piperazine rings is 1. The van der Waals surface area contributed by atoms with Crippen molar-refractivity contribution in [2.45, 2.75) is 13.0 Å². The minimum Gasteiger partial charge on any atom is -0.497 e. The number of methoxy groups -OCH3 is 2. The second-order valence-electron chi connectivity index (χ2n) is 4.24. The Balaban J connectivity index is 2.34. The van der Waals surface area contributed by atoms with Crippen molar-refractivity contribution in [2.75, 3.05) is 32.2 Å². The number of carbonyl (C=O) groups is 1. The van der Waals surface area contributed by atoms with E-state index in [4.69, 9.17) is 9.47 Å². The molecular formula is C13H18N2O3. The van der Waals surface area contributed by atoms with Crippen molar-refractivity contribution in [3.8, 4) is 11.5 Å². The summed E-state index contributed by atoms with van der Waals surface area (Å²) >= 11 is 0. The molecule has 0 spiro atoms. The molecule has 1 heterocycles. The number of hydrogen-bond acceptors (Lipinski definition) is 4. The van der Waals surface area contributed by atoms with Crippen LogP contribution in [0.25, 0.3) is 0 Å². The molecule has 0 bridgehead atoms. The number of amides is 1. The van der Waals surface area contributed by atoms with Crippen LogP contribution in [0.1, 0.15) is 6.92 Å². The highest BCUT2D eigenvalue weighted by Crippen LogP contribution is 2.29. The summed E-state index contributed by atoms with van der Waals surface area (Å²) in [6.07, 6.45) is 0. The van der Waals surface area contributed by atoms with Gasteiger partial charge < -0.3 is 19.7 Å². The Morgan fingerprint density at radius 1 is 1.22 bits per heavy atom. The summed E-state index contributed by atoms with van der Waals surface area (Å²) < 4.78 is 10.4. The molecule has 1 fully saturated rings. The smallest absolute Gasteiger partial charge is 0.243 e. The fraction of sp³-hybridized carbons (Fsp3) is 0.462. The van der Waals surface area contributed by atoms with Crippen LogP contribution in [0.2, 0.25) is 0 Å². The Morgan fingerprint density at radius 2 is 1.83 bits per heavy atom. The van der Waals surface area contributed by atoms with Crippen molar-refractivity contribution in [1.82, 2.24) is 5.32 Å². The maximum absolute atomic E-state index is 12.1. The fourth-order valence-corrected chi connectivity index (χ4v) is 2.03. The minimum atomic E-state index is -0.157. The van der Waals surface area contributed by atoms with Gasteiger partial charge in [0, 0.05) is 31.3 Å².